The van der Waals surface area contributed by atoms with Crippen LogP contribution < -0.4 is 15.4 Å². The van der Waals surface area contributed by atoms with Gasteiger partial charge in [-0.2, -0.15) is 0 Å². The Balaban J connectivity index is 1.48. The molecule has 1 aliphatic rings. The van der Waals surface area contributed by atoms with Gasteiger partial charge in [0.25, 0.3) is 5.91 Å². The molecule has 0 bridgehead atoms. The zero-order valence-corrected chi connectivity index (χ0v) is 15.4. The fourth-order valence-electron chi connectivity index (χ4n) is 3.06. The van der Waals surface area contributed by atoms with Crippen LogP contribution in [-0.4, -0.2) is 54.5 Å². The molecule has 1 atom stereocenters. The predicted octanol–water partition coefficient (Wildman–Crippen LogP) is 1.21. The van der Waals surface area contributed by atoms with Gasteiger partial charge in [0, 0.05) is 51.0 Å². The highest BCUT2D eigenvalue weighted by Crippen LogP contribution is 2.12. The molecule has 0 spiro atoms. The summed E-state index contributed by atoms with van der Waals surface area (Å²) < 4.78 is 5.12. The van der Waals surface area contributed by atoms with Gasteiger partial charge in [-0.3, -0.25) is 14.6 Å². The van der Waals surface area contributed by atoms with Gasteiger partial charge < -0.3 is 20.3 Å². The van der Waals surface area contributed by atoms with Crippen LogP contribution in [0.1, 0.15) is 22.3 Å². The van der Waals surface area contributed by atoms with Gasteiger partial charge >= 0.3 is 0 Å². The molecule has 0 aliphatic carbocycles. The highest BCUT2D eigenvalue weighted by atomic mass is 16.5. The SMILES string of the molecule is COc1ccc(CNC(=O)CC2CN(C(=O)c3cccnc3)CCN2)cc1. The van der Waals surface area contributed by atoms with E-state index in [2.05, 4.69) is 15.6 Å². The van der Waals surface area contributed by atoms with Crippen molar-refractivity contribution >= 4 is 11.8 Å². The third-order valence-corrected chi connectivity index (χ3v) is 4.53. The monoisotopic (exact) mass is 368 g/mol. The highest BCUT2D eigenvalue weighted by molar-refractivity contribution is 5.94. The molecule has 7 heteroatoms. The summed E-state index contributed by atoms with van der Waals surface area (Å²) in [5.41, 5.74) is 1.58. The van der Waals surface area contributed by atoms with Crippen LogP contribution >= 0.6 is 0 Å². The summed E-state index contributed by atoms with van der Waals surface area (Å²) in [6.07, 6.45) is 3.54. The van der Waals surface area contributed by atoms with E-state index in [0.29, 0.717) is 38.2 Å². The van der Waals surface area contributed by atoms with Gasteiger partial charge in [-0.05, 0) is 29.8 Å². The highest BCUT2D eigenvalue weighted by Gasteiger charge is 2.25. The minimum Gasteiger partial charge on any atom is -0.497 e. The number of pyridine rings is 1. The fraction of sp³-hybridized carbons (Fsp3) is 0.350. The van der Waals surface area contributed by atoms with E-state index in [0.717, 1.165) is 11.3 Å². The van der Waals surface area contributed by atoms with Crippen molar-refractivity contribution < 1.29 is 14.3 Å². The first kappa shape index (κ1) is 18.8. The van der Waals surface area contributed by atoms with Crippen LogP contribution in [0.4, 0.5) is 0 Å². The molecule has 1 aromatic carbocycles. The van der Waals surface area contributed by atoms with E-state index in [4.69, 9.17) is 4.74 Å². The minimum atomic E-state index is -0.0600. The molecule has 3 rings (SSSR count). The third-order valence-electron chi connectivity index (χ3n) is 4.53. The second-order valence-corrected chi connectivity index (χ2v) is 6.47. The lowest BCUT2D eigenvalue weighted by molar-refractivity contribution is -0.122. The predicted molar refractivity (Wildman–Crippen MR) is 101 cm³/mol. The van der Waals surface area contributed by atoms with Crippen molar-refractivity contribution in [1.29, 1.82) is 0 Å². The van der Waals surface area contributed by atoms with E-state index in [1.54, 1.807) is 36.5 Å². The average Bonchev–Trinajstić information content (AvgIpc) is 2.73. The molecule has 27 heavy (non-hydrogen) atoms. The second-order valence-electron chi connectivity index (χ2n) is 6.47. The van der Waals surface area contributed by atoms with Gasteiger partial charge in [0.2, 0.25) is 5.91 Å². The summed E-state index contributed by atoms with van der Waals surface area (Å²) in [6.45, 7) is 2.26. The first-order chi connectivity index (χ1) is 13.2. The molecule has 2 heterocycles. The number of nitrogens with one attached hydrogen (secondary N) is 2. The smallest absolute Gasteiger partial charge is 0.255 e. The molecule has 7 nitrogen and oxygen atoms in total. The van der Waals surface area contributed by atoms with Crippen molar-refractivity contribution in [3.8, 4) is 5.75 Å². The maximum atomic E-state index is 12.5. The van der Waals surface area contributed by atoms with Crippen LogP contribution in [0.2, 0.25) is 0 Å². The Kier molecular flexibility index (Phi) is 6.38. The van der Waals surface area contributed by atoms with Crippen LogP contribution in [0.5, 0.6) is 5.75 Å². The Morgan fingerprint density at radius 3 is 2.81 bits per heavy atom. The van der Waals surface area contributed by atoms with Crippen LogP contribution in [0.25, 0.3) is 0 Å². The quantitative estimate of drug-likeness (QED) is 0.801. The average molecular weight is 368 g/mol. The first-order valence-electron chi connectivity index (χ1n) is 8.98. The standard InChI is InChI=1S/C20H24N4O3/c1-27-18-6-4-15(5-7-18)12-23-19(25)11-17-14-24(10-9-22-17)20(26)16-3-2-8-21-13-16/h2-8,13,17,22H,9-12,14H2,1H3,(H,23,25). The Labute approximate surface area is 158 Å². The summed E-state index contributed by atoms with van der Waals surface area (Å²) in [5, 5.41) is 6.24. The lowest BCUT2D eigenvalue weighted by Crippen LogP contribution is -2.53. The lowest BCUT2D eigenvalue weighted by Gasteiger charge is -2.33. The number of benzene rings is 1. The van der Waals surface area contributed by atoms with Crippen molar-refractivity contribution in [1.82, 2.24) is 20.5 Å². The van der Waals surface area contributed by atoms with E-state index in [-0.39, 0.29) is 17.9 Å². The summed E-state index contributed by atoms with van der Waals surface area (Å²) in [4.78, 5) is 30.6. The van der Waals surface area contributed by atoms with Crippen LogP contribution in [0.3, 0.4) is 0 Å². The molecule has 0 radical (unpaired) electrons. The molecule has 1 saturated heterocycles. The van der Waals surface area contributed by atoms with Crippen LogP contribution in [0.15, 0.2) is 48.8 Å². The Morgan fingerprint density at radius 1 is 1.30 bits per heavy atom. The summed E-state index contributed by atoms with van der Waals surface area (Å²) in [5.74, 6) is 0.696. The van der Waals surface area contributed by atoms with Crippen LogP contribution in [-0.2, 0) is 11.3 Å². The van der Waals surface area contributed by atoms with E-state index < -0.39 is 0 Å². The van der Waals surface area contributed by atoms with Crippen molar-refractivity contribution in [2.24, 2.45) is 0 Å². The first-order valence-corrected chi connectivity index (χ1v) is 8.98. The minimum absolute atomic E-state index is 0.0426. The Morgan fingerprint density at radius 2 is 2.11 bits per heavy atom. The number of piperazine rings is 1. The van der Waals surface area contributed by atoms with Gasteiger partial charge in [0.05, 0.1) is 12.7 Å². The maximum absolute atomic E-state index is 12.5. The third kappa shape index (κ3) is 5.27. The normalized spacial score (nSPS) is 16.6. The van der Waals surface area contributed by atoms with Crippen molar-refractivity contribution in [3.05, 3.63) is 59.9 Å². The molecule has 1 fully saturated rings. The van der Waals surface area contributed by atoms with Gasteiger partial charge in [-0.15, -0.1) is 0 Å². The molecule has 1 aromatic heterocycles. The Bertz CT molecular complexity index is 765. The maximum Gasteiger partial charge on any atom is 0.255 e. The van der Waals surface area contributed by atoms with Gasteiger partial charge in [-0.1, -0.05) is 12.1 Å². The van der Waals surface area contributed by atoms with Crippen molar-refractivity contribution in [2.75, 3.05) is 26.7 Å². The molecular weight excluding hydrogens is 344 g/mol. The van der Waals surface area contributed by atoms with E-state index >= 15 is 0 Å². The topological polar surface area (TPSA) is 83.6 Å². The van der Waals surface area contributed by atoms with Crippen molar-refractivity contribution in [3.63, 3.8) is 0 Å². The summed E-state index contributed by atoms with van der Waals surface area (Å²) in [7, 11) is 1.62. The number of carbonyl (C=O) groups is 2. The Hall–Kier alpha value is -2.93. The molecule has 2 aromatic rings. The van der Waals surface area contributed by atoms with E-state index in [1.807, 2.05) is 24.3 Å². The number of nitrogens with zero attached hydrogens (tertiary/aromatic N) is 2. The molecular formula is C20H24N4O3. The number of hydrogen-bond donors (Lipinski definition) is 2. The molecule has 2 amide bonds. The van der Waals surface area contributed by atoms with Gasteiger partial charge in [-0.25, -0.2) is 0 Å². The summed E-state index contributed by atoms with van der Waals surface area (Å²) >= 11 is 0. The number of amides is 2. The van der Waals surface area contributed by atoms with Gasteiger partial charge in [0.15, 0.2) is 0 Å². The lowest BCUT2D eigenvalue weighted by atomic mass is 10.1. The molecule has 1 aliphatic heterocycles. The second kappa shape index (κ2) is 9.14. The summed E-state index contributed by atoms with van der Waals surface area (Å²) in [6, 6.07) is 11.0. The molecule has 1 unspecified atom stereocenters. The number of ether oxygens (including phenoxy) is 1. The number of methoxy groups -OCH3 is 1. The number of aromatic nitrogens is 1. The van der Waals surface area contributed by atoms with E-state index in [9.17, 15) is 9.59 Å². The van der Waals surface area contributed by atoms with Crippen LogP contribution in [0, 0.1) is 0 Å². The molecule has 142 valence electrons. The largest absolute Gasteiger partial charge is 0.497 e. The fourth-order valence-corrected chi connectivity index (χ4v) is 3.06. The molecule has 0 saturated carbocycles. The van der Waals surface area contributed by atoms with Gasteiger partial charge in [0.1, 0.15) is 5.75 Å². The zero-order chi connectivity index (χ0) is 19.1. The number of hydrogen-bond acceptors (Lipinski definition) is 5. The number of carbonyl (C=O) groups excluding carboxylic acids is 2. The van der Waals surface area contributed by atoms with E-state index in [1.165, 1.54) is 0 Å². The van der Waals surface area contributed by atoms with Crippen molar-refractivity contribution in [2.45, 2.75) is 19.0 Å². The number of rotatable bonds is 6. The molecule has 2 N–H and O–H groups in total. The zero-order valence-electron chi connectivity index (χ0n) is 15.4.